The lowest BCUT2D eigenvalue weighted by Gasteiger charge is -2.12. The Bertz CT molecular complexity index is 645. The Kier molecular flexibility index (Phi) is 7.31. The van der Waals surface area contributed by atoms with Gasteiger partial charge >= 0.3 is 0 Å². The summed E-state index contributed by atoms with van der Waals surface area (Å²) in [6.07, 6.45) is 2.51. The number of halogens is 1. The molecule has 1 aliphatic carbocycles. The van der Waals surface area contributed by atoms with E-state index < -0.39 is 10.0 Å². The third-order valence-corrected chi connectivity index (χ3v) is 4.86. The first-order valence-corrected chi connectivity index (χ1v) is 9.16. The lowest BCUT2D eigenvalue weighted by molar-refractivity contribution is -0.115. The molecule has 0 heterocycles. The molecule has 1 saturated carbocycles. The fourth-order valence-corrected chi connectivity index (χ4v) is 2.72. The molecule has 0 radical (unpaired) electrons. The molecule has 0 spiro atoms. The van der Waals surface area contributed by atoms with Gasteiger partial charge in [-0.05, 0) is 62.9 Å². The van der Waals surface area contributed by atoms with Gasteiger partial charge in [0.15, 0.2) is 0 Å². The molecular weight excluding hydrogens is 338 g/mol. The Morgan fingerprint density at radius 2 is 2.00 bits per heavy atom. The van der Waals surface area contributed by atoms with E-state index in [2.05, 4.69) is 15.4 Å². The Morgan fingerprint density at radius 3 is 2.57 bits per heavy atom. The summed E-state index contributed by atoms with van der Waals surface area (Å²) in [4.78, 5) is 11.8. The highest BCUT2D eigenvalue weighted by molar-refractivity contribution is 7.92. The third kappa shape index (κ3) is 6.76. The highest BCUT2D eigenvalue weighted by Crippen LogP contribution is 2.27. The minimum absolute atomic E-state index is 0. The molecule has 1 aromatic carbocycles. The summed E-state index contributed by atoms with van der Waals surface area (Å²) < 4.78 is 25.7. The monoisotopic (exact) mass is 361 g/mol. The van der Waals surface area contributed by atoms with Crippen molar-refractivity contribution in [1.29, 1.82) is 0 Å². The fraction of sp³-hybridized carbons (Fsp3) is 0.533. The largest absolute Gasteiger partial charge is 0.325 e. The van der Waals surface area contributed by atoms with Gasteiger partial charge in [-0.1, -0.05) is 0 Å². The summed E-state index contributed by atoms with van der Waals surface area (Å²) in [5.74, 6) is 0.667. The Labute approximate surface area is 143 Å². The first kappa shape index (κ1) is 19.7. The highest BCUT2D eigenvalue weighted by atomic mass is 35.5. The summed E-state index contributed by atoms with van der Waals surface area (Å²) in [5, 5.41) is 5.93. The molecule has 1 aromatic rings. The number of sulfonamides is 1. The second-order valence-corrected chi connectivity index (χ2v) is 7.67. The molecule has 0 bridgehead atoms. The zero-order chi connectivity index (χ0) is 16.2. The smallest absolute Gasteiger partial charge is 0.238 e. The van der Waals surface area contributed by atoms with Crippen LogP contribution < -0.4 is 15.4 Å². The standard InChI is InChI=1S/C15H23N3O3S.ClH/c1-3-22(20,21)18-14-7-6-13(8-11(14)2)17-15(19)10-16-9-12-4-5-12;/h6-8,12,16,18H,3-5,9-10H2,1-2H3,(H,17,19);1H. The summed E-state index contributed by atoms with van der Waals surface area (Å²) in [5.41, 5.74) is 1.96. The Morgan fingerprint density at radius 1 is 1.30 bits per heavy atom. The third-order valence-electron chi connectivity index (χ3n) is 3.57. The number of benzene rings is 1. The molecule has 8 heteroatoms. The van der Waals surface area contributed by atoms with Gasteiger partial charge in [0.25, 0.3) is 0 Å². The van der Waals surface area contributed by atoms with Crippen molar-refractivity contribution in [2.24, 2.45) is 5.92 Å². The van der Waals surface area contributed by atoms with Crippen molar-refractivity contribution < 1.29 is 13.2 Å². The minimum atomic E-state index is -3.29. The van der Waals surface area contributed by atoms with Gasteiger partial charge in [0.05, 0.1) is 18.0 Å². The summed E-state index contributed by atoms with van der Waals surface area (Å²) in [6.45, 7) is 4.57. The zero-order valence-electron chi connectivity index (χ0n) is 13.4. The average Bonchev–Trinajstić information content (AvgIpc) is 3.26. The fourth-order valence-electron chi connectivity index (χ4n) is 2.01. The SMILES string of the molecule is CCS(=O)(=O)Nc1ccc(NC(=O)CNCC2CC2)cc1C.Cl. The van der Waals surface area contributed by atoms with Crippen LogP contribution >= 0.6 is 12.4 Å². The van der Waals surface area contributed by atoms with Crippen molar-refractivity contribution in [3.63, 3.8) is 0 Å². The van der Waals surface area contributed by atoms with Crippen LogP contribution in [0, 0.1) is 12.8 Å². The van der Waals surface area contributed by atoms with Crippen LogP contribution in [0.15, 0.2) is 18.2 Å². The van der Waals surface area contributed by atoms with Crippen molar-refractivity contribution in [1.82, 2.24) is 5.32 Å². The molecule has 1 fully saturated rings. The maximum absolute atomic E-state index is 11.8. The maximum atomic E-state index is 11.8. The van der Waals surface area contributed by atoms with E-state index in [9.17, 15) is 13.2 Å². The molecule has 0 aromatic heterocycles. The first-order chi connectivity index (χ1) is 10.4. The number of hydrogen-bond donors (Lipinski definition) is 3. The topological polar surface area (TPSA) is 87.3 Å². The van der Waals surface area contributed by atoms with Crippen LogP contribution in [0.25, 0.3) is 0 Å². The van der Waals surface area contributed by atoms with Gasteiger partial charge in [-0.15, -0.1) is 12.4 Å². The normalized spacial score (nSPS) is 14.0. The second-order valence-electron chi connectivity index (χ2n) is 5.66. The van der Waals surface area contributed by atoms with Crippen LogP contribution in [-0.2, 0) is 14.8 Å². The van der Waals surface area contributed by atoms with Crippen LogP contribution in [0.4, 0.5) is 11.4 Å². The number of carbonyl (C=O) groups excluding carboxylic acids is 1. The van der Waals surface area contributed by atoms with Gasteiger partial charge < -0.3 is 10.6 Å². The van der Waals surface area contributed by atoms with Crippen LogP contribution in [0.2, 0.25) is 0 Å². The van der Waals surface area contributed by atoms with E-state index >= 15 is 0 Å². The molecule has 130 valence electrons. The zero-order valence-corrected chi connectivity index (χ0v) is 15.0. The van der Waals surface area contributed by atoms with Gasteiger partial charge in [-0.3, -0.25) is 9.52 Å². The number of aryl methyl sites for hydroxylation is 1. The van der Waals surface area contributed by atoms with Crippen molar-refractivity contribution >= 4 is 39.7 Å². The lowest BCUT2D eigenvalue weighted by Crippen LogP contribution is -2.29. The molecule has 0 aliphatic heterocycles. The van der Waals surface area contributed by atoms with Crippen LogP contribution in [0.3, 0.4) is 0 Å². The van der Waals surface area contributed by atoms with Crippen LogP contribution in [0.5, 0.6) is 0 Å². The maximum Gasteiger partial charge on any atom is 0.238 e. The lowest BCUT2D eigenvalue weighted by atomic mass is 10.2. The van der Waals surface area contributed by atoms with E-state index in [-0.39, 0.29) is 24.1 Å². The molecule has 2 rings (SSSR count). The average molecular weight is 362 g/mol. The van der Waals surface area contributed by atoms with Crippen LogP contribution in [-0.4, -0.2) is 33.2 Å². The van der Waals surface area contributed by atoms with Gasteiger partial charge in [-0.2, -0.15) is 0 Å². The Hall–Kier alpha value is -1.31. The number of rotatable bonds is 8. The molecule has 0 atom stereocenters. The molecular formula is C15H24ClN3O3S. The highest BCUT2D eigenvalue weighted by Gasteiger charge is 2.20. The molecule has 1 aliphatic rings. The van der Waals surface area contributed by atoms with E-state index in [1.165, 1.54) is 12.8 Å². The van der Waals surface area contributed by atoms with E-state index in [4.69, 9.17) is 0 Å². The number of nitrogens with one attached hydrogen (secondary N) is 3. The molecule has 6 nitrogen and oxygen atoms in total. The van der Waals surface area contributed by atoms with E-state index in [1.54, 1.807) is 32.0 Å². The number of anilines is 2. The molecule has 0 unspecified atom stereocenters. The molecule has 0 saturated heterocycles. The number of hydrogen-bond acceptors (Lipinski definition) is 4. The van der Waals surface area contributed by atoms with Crippen molar-refractivity contribution in [2.75, 3.05) is 28.9 Å². The van der Waals surface area contributed by atoms with E-state index in [0.29, 0.717) is 17.9 Å². The number of carbonyl (C=O) groups is 1. The Balaban J connectivity index is 0.00000264. The number of amides is 1. The van der Waals surface area contributed by atoms with E-state index in [0.717, 1.165) is 18.0 Å². The van der Waals surface area contributed by atoms with Gasteiger partial charge in [0.1, 0.15) is 0 Å². The molecule has 3 N–H and O–H groups in total. The predicted octanol–water partition coefficient (Wildman–Crippen LogP) is 2.12. The van der Waals surface area contributed by atoms with Gasteiger partial charge in [0.2, 0.25) is 15.9 Å². The van der Waals surface area contributed by atoms with Crippen molar-refractivity contribution in [2.45, 2.75) is 26.7 Å². The molecule has 1 amide bonds. The summed E-state index contributed by atoms with van der Waals surface area (Å²) >= 11 is 0. The van der Waals surface area contributed by atoms with E-state index in [1.807, 2.05) is 0 Å². The van der Waals surface area contributed by atoms with Crippen molar-refractivity contribution in [3.05, 3.63) is 23.8 Å². The van der Waals surface area contributed by atoms with Gasteiger partial charge in [0, 0.05) is 5.69 Å². The molecule has 23 heavy (non-hydrogen) atoms. The predicted molar refractivity (Wildman–Crippen MR) is 95.7 cm³/mol. The second kappa shape index (κ2) is 8.52. The van der Waals surface area contributed by atoms with Crippen molar-refractivity contribution in [3.8, 4) is 0 Å². The minimum Gasteiger partial charge on any atom is -0.325 e. The quantitative estimate of drug-likeness (QED) is 0.661. The van der Waals surface area contributed by atoms with Gasteiger partial charge in [-0.25, -0.2) is 8.42 Å². The first-order valence-electron chi connectivity index (χ1n) is 7.51. The van der Waals surface area contributed by atoms with Crippen LogP contribution in [0.1, 0.15) is 25.3 Å². The summed E-state index contributed by atoms with van der Waals surface area (Å²) in [6, 6.07) is 5.11. The summed E-state index contributed by atoms with van der Waals surface area (Å²) in [7, 11) is -3.29.